The van der Waals surface area contributed by atoms with E-state index in [0.717, 1.165) is 12.6 Å². The zero-order valence-electron chi connectivity index (χ0n) is 16.9. The molecule has 5 nitrogen and oxygen atoms in total. The number of nitrogens with zero attached hydrogens (tertiary/aromatic N) is 2. The van der Waals surface area contributed by atoms with Crippen molar-refractivity contribution >= 4 is 11.7 Å². The molecule has 0 saturated carbocycles. The molecule has 0 saturated heterocycles. The van der Waals surface area contributed by atoms with E-state index in [0.29, 0.717) is 16.9 Å². The fourth-order valence-electron chi connectivity index (χ4n) is 3.27. The van der Waals surface area contributed by atoms with Crippen LogP contribution in [0.1, 0.15) is 28.7 Å². The maximum absolute atomic E-state index is 13.6. The number of halogens is 3. The largest absolute Gasteiger partial charge is 0.489 e. The minimum Gasteiger partial charge on any atom is -0.489 e. The second kappa shape index (κ2) is 8.96. The quantitative estimate of drug-likeness (QED) is 0.356. The predicted octanol–water partition coefficient (Wildman–Crippen LogP) is 6.02. The van der Waals surface area contributed by atoms with Gasteiger partial charge in [-0.05, 0) is 30.2 Å². The summed E-state index contributed by atoms with van der Waals surface area (Å²) in [5, 5.41) is 0. The van der Waals surface area contributed by atoms with Gasteiger partial charge < -0.3 is 14.0 Å². The van der Waals surface area contributed by atoms with Gasteiger partial charge in [-0.1, -0.05) is 42.5 Å². The maximum Gasteiger partial charge on any atom is 0.421 e. The first-order valence-electron chi connectivity index (χ1n) is 9.39. The van der Waals surface area contributed by atoms with Gasteiger partial charge >= 0.3 is 12.1 Å². The van der Waals surface area contributed by atoms with Gasteiger partial charge in [0.25, 0.3) is 0 Å². The lowest BCUT2D eigenvalue weighted by molar-refractivity contribution is -0.142. The van der Waals surface area contributed by atoms with Crippen molar-refractivity contribution in [1.82, 2.24) is 4.57 Å². The lowest BCUT2D eigenvalue weighted by atomic mass is 10.0. The molecule has 0 amide bonds. The van der Waals surface area contributed by atoms with Crippen LogP contribution in [0, 0.1) is 6.57 Å². The monoisotopic (exact) mass is 428 g/mol. The van der Waals surface area contributed by atoms with E-state index in [-0.39, 0.29) is 23.4 Å². The smallest absolute Gasteiger partial charge is 0.421 e. The predicted molar refractivity (Wildman–Crippen MR) is 109 cm³/mol. The molecule has 1 aromatic heterocycles. The SMILES string of the molecule is [C-]#[N+]c1c(-c2ccc(OCc3ccccc3)cc2)c(C(=O)OCC)n(C)c1C(F)(F)F. The van der Waals surface area contributed by atoms with Gasteiger partial charge in [-0.15, -0.1) is 0 Å². The van der Waals surface area contributed by atoms with E-state index in [1.165, 1.54) is 12.1 Å². The molecule has 0 spiro atoms. The van der Waals surface area contributed by atoms with Crippen molar-refractivity contribution < 1.29 is 27.4 Å². The van der Waals surface area contributed by atoms with Crippen molar-refractivity contribution in [1.29, 1.82) is 0 Å². The van der Waals surface area contributed by atoms with Gasteiger partial charge in [-0.3, -0.25) is 0 Å². The molecule has 3 aromatic rings. The van der Waals surface area contributed by atoms with E-state index in [4.69, 9.17) is 16.0 Å². The molecule has 0 aliphatic rings. The van der Waals surface area contributed by atoms with Crippen LogP contribution in [0.25, 0.3) is 16.0 Å². The van der Waals surface area contributed by atoms with Crippen molar-refractivity contribution in [3.05, 3.63) is 83.0 Å². The fourth-order valence-corrected chi connectivity index (χ4v) is 3.27. The molecule has 8 heteroatoms. The highest BCUT2D eigenvalue weighted by Gasteiger charge is 2.42. The van der Waals surface area contributed by atoms with E-state index in [1.807, 2.05) is 30.3 Å². The average molecular weight is 428 g/mol. The normalized spacial score (nSPS) is 11.1. The Labute approximate surface area is 177 Å². The number of hydrogen-bond donors (Lipinski definition) is 0. The number of benzene rings is 2. The third kappa shape index (κ3) is 4.56. The van der Waals surface area contributed by atoms with Crippen molar-refractivity contribution in [2.45, 2.75) is 19.7 Å². The summed E-state index contributed by atoms with van der Waals surface area (Å²) >= 11 is 0. The minimum absolute atomic E-state index is 0.00950. The summed E-state index contributed by atoms with van der Waals surface area (Å²) in [6.45, 7) is 9.22. The Morgan fingerprint density at radius 2 is 1.74 bits per heavy atom. The second-order valence-corrected chi connectivity index (χ2v) is 6.61. The Hall–Kier alpha value is -3.73. The summed E-state index contributed by atoms with van der Waals surface area (Å²) in [6, 6.07) is 15.7. The lowest BCUT2D eigenvalue weighted by Crippen LogP contribution is -2.16. The van der Waals surface area contributed by atoms with Crippen LogP contribution >= 0.6 is 0 Å². The molecule has 0 fully saturated rings. The molecule has 1 heterocycles. The highest BCUT2D eigenvalue weighted by Crippen LogP contribution is 2.46. The van der Waals surface area contributed by atoms with Crippen LogP contribution in [0.4, 0.5) is 18.9 Å². The second-order valence-electron chi connectivity index (χ2n) is 6.61. The molecule has 0 atom stereocenters. The molecule has 0 aliphatic heterocycles. The Kier molecular flexibility index (Phi) is 6.35. The molecule has 160 valence electrons. The Balaban J connectivity index is 2.03. The third-order valence-electron chi connectivity index (χ3n) is 4.61. The summed E-state index contributed by atoms with van der Waals surface area (Å²) in [6.07, 6.45) is -4.81. The van der Waals surface area contributed by atoms with E-state index in [1.54, 1.807) is 19.1 Å². The first-order chi connectivity index (χ1) is 14.8. The number of esters is 1. The van der Waals surface area contributed by atoms with Gasteiger partial charge in [0.05, 0.1) is 13.2 Å². The van der Waals surface area contributed by atoms with Gasteiger partial charge in [-0.2, -0.15) is 13.2 Å². The Morgan fingerprint density at radius 3 is 2.29 bits per heavy atom. The summed E-state index contributed by atoms with van der Waals surface area (Å²) in [7, 11) is 1.10. The van der Waals surface area contributed by atoms with Crippen LogP contribution in [0.3, 0.4) is 0 Å². The van der Waals surface area contributed by atoms with Crippen molar-refractivity contribution in [2.75, 3.05) is 6.61 Å². The van der Waals surface area contributed by atoms with Gasteiger partial charge in [0, 0.05) is 12.6 Å². The molecule has 0 radical (unpaired) electrons. The number of hydrogen-bond acceptors (Lipinski definition) is 3. The Morgan fingerprint density at radius 1 is 1.10 bits per heavy atom. The van der Waals surface area contributed by atoms with Crippen LogP contribution in [0.2, 0.25) is 0 Å². The summed E-state index contributed by atoms with van der Waals surface area (Å²) in [5.41, 5.74) is -1.02. The van der Waals surface area contributed by atoms with Gasteiger partial charge in [0.15, 0.2) is 0 Å². The van der Waals surface area contributed by atoms with Crippen molar-refractivity contribution in [3.8, 4) is 16.9 Å². The topological polar surface area (TPSA) is 44.8 Å². The highest BCUT2D eigenvalue weighted by molar-refractivity contribution is 6.01. The van der Waals surface area contributed by atoms with E-state index < -0.39 is 23.5 Å². The summed E-state index contributed by atoms with van der Waals surface area (Å²) in [4.78, 5) is 15.6. The number of alkyl halides is 3. The molecule has 31 heavy (non-hydrogen) atoms. The first-order valence-corrected chi connectivity index (χ1v) is 9.39. The van der Waals surface area contributed by atoms with E-state index in [2.05, 4.69) is 4.85 Å². The number of carbonyl (C=O) groups is 1. The number of ether oxygens (including phenoxy) is 2. The van der Waals surface area contributed by atoms with Crippen LogP contribution in [-0.4, -0.2) is 17.1 Å². The van der Waals surface area contributed by atoms with Crippen LogP contribution in [0.15, 0.2) is 54.6 Å². The molecule has 0 unspecified atom stereocenters. The van der Waals surface area contributed by atoms with Gasteiger partial charge in [0.1, 0.15) is 23.7 Å². The lowest BCUT2D eigenvalue weighted by Gasteiger charge is -2.11. The average Bonchev–Trinajstić information content (AvgIpc) is 3.06. The van der Waals surface area contributed by atoms with Crippen LogP contribution in [0.5, 0.6) is 5.75 Å². The minimum atomic E-state index is -4.81. The zero-order chi connectivity index (χ0) is 22.6. The number of aromatic nitrogens is 1. The molecule has 0 N–H and O–H groups in total. The van der Waals surface area contributed by atoms with E-state index in [9.17, 15) is 18.0 Å². The van der Waals surface area contributed by atoms with E-state index >= 15 is 0 Å². The first kappa shape index (κ1) is 22.0. The summed E-state index contributed by atoms with van der Waals surface area (Å²) < 4.78 is 52.3. The standard InChI is InChI=1S/C23H19F3N2O3/c1-4-30-22(29)20-18(19(27-2)21(28(20)3)23(24,25)26)16-10-12-17(13-11-16)31-14-15-8-6-5-7-9-15/h5-13H,4,14H2,1,3H3. The maximum atomic E-state index is 13.6. The molecular formula is C23H19F3N2O3. The number of carbonyl (C=O) groups excluding carboxylic acids is 1. The fraction of sp³-hybridized carbons (Fsp3) is 0.217. The zero-order valence-corrected chi connectivity index (χ0v) is 16.9. The third-order valence-corrected chi connectivity index (χ3v) is 4.61. The summed E-state index contributed by atoms with van der Waals surface area (Å²) in [5.74, 6) is -0.425. The highest BCUT2D eigenvalue weighted by atomic mass is 19.4. The molecule has 0 aliphatic carbocycles. The van der Waals surface area contributed by atoms with Crippen LogP contribution < -0.4 is 4.74 Å². The molecular weight excluding hydrogens is 409 g/mol. The Bertz CT molecular complexity index is 1110. The van der Waals surface area contributed by atoms with Gasteiger partial charge in [-0.25, -0.2) is 9.64 Å². The van der Waals surface area contributed by atoms with Gasteiger partial charge in [0.2, 0.25) is 5.69 Å². The van der Waals surface area contributed by atoms with Crippen molar-refractivity contribution in [2.24, 2.45) is 7.05 Å². The van der Waals surface area contributed by atoms with Crippen molar-refractivity contribution in [3.63, 3.8) is 0 Å². The molecule has 0 bridgehead atoms. The molecule has 3 rings (SSSR count). The number of rotatable bonds is 6. The molecule has 2 aromatic carbocycles. The van der Waals surface area contributed by atoms with Crippen LogP contribution in [-0.2, 0) is 24.6 Å².